The molecule has 3 nitrogen and oxygen atoms in total. The monoisotopic (exact) mass is 185 g/mol. The Hall–Kier alpha value is -0.930. The summed E-state index contributed by atoms with van der Waals surface area (Å²) in [5, 5.41) is 3.74. The summed E-state index contributed by atoms with van der Waals surface area (Å²) < 4.78 is 0. The number of rotatable bonds is 3. The van der Waals surface area contributed by atoms with Crippen LogP contribution in [0, 0.1) is 0 Å². The summed E-state index contributed by atoms with van der Waals surface area (Å²) in [5.41, 5.74) is 12.5. The highest BCUT2D eigenvalue weighted by Gasteiger charge is 1.97. The minimum Gasteiger partial charge on any atom is -0.397 e. The van der Waals surface area contributed by atoms with E-state index in [2.05, 4.69) is 5.32 Å². The largest absolute Gasteiger partial charge is 0.397 e. The molecular weight excluding hydrogens is 174 g/mol. The number of hydrogen-bond acceptors (Lipinski definition) is 3. The minimum absolute atomic E-state index is 0.575. The van der Waals surface area contributed by atoms with Crippen molar-refractivity contribution in [2.75, 3.05) is 24.1 Å². The number of hydrogen-bond donors (Lipinski definition) is 3. The first kappa shape index (κ1) is 9.16. The van der Waals surface area contributed by atoms with Crippen LogP contribution in [0.2, 0.25) is 5.02 Å². The third kappa shape index (κ3) is 2.29. The van der Waals surface area contributed by atoms with Crippen LogP contribution < -0.4 is 16.8 Å². The summed E-state index contributed by atoms with van der Waals surface area (Å²) in [5.74, 6) is 0. The van der Waals surface area contributed by atoms with Gasteiger partial charge in [0.25, 0.3) is 0 Å². The van der Waals surface area contributed by atoms with Crippen molar-refractivity contribution in [3.63, 3.8) is 0 Å². The Morgan fingerprint density at radius 2 is 2.17 bits per heavy atom. The minimum atomic E-state index is 0.575. The van der Waals surface area contributed by atoms with E-state index in [1.165, 1.54) is 0 Å². The molecule has 0 radical (unpaired) electrons. The molecule has 0 unspecified atom stereocenters. The summed E-state index contributed by atoms with van der Waals surface area (Å²) in [7, 11) is 0. The molecule has 5 N–H and O–H groups in total. The van der Waals surface area contributed by atoms with Crippen LogP contribution in [0.3, 0.4) is 0 Å². The summed E-state index contributed by atoms with van der Waals surface area (Å²) in [6, 6.07) is 5.30. The fourth-order valence-electron chi connectivity index (χ4n) is 0.888. The van der Waals surface area contributed by atoms with E-state index in [9.17, 15) is 0 Å². The van der Waals surface area contributed by atoms with Gasteiger partial charge < -0.3 is 16.8 Å². The predicted octanol–water partition coefficient (Wildman–Crippen LogP) is 1.29. The molecule has 0 spiro atoms. The molecule has 0 atom stereocenters. The van der Waals surface area contributed by atoms with Gasteiger partial charge in [0, 0.05) is 18.1 Å². The fraction of sp³-hybridized carbons (Fsp3) is 0.250. The van der Waals surface area contributed by atoms with E-state index in [4.69, 9.17) is 23.1 Å². The van der Waals surface area contributed by atoms with E-state index in [1.54, 1.807) is 18.2 Å². The van der Waals surface area contributed by atoms with Crippen molar-refractivity contribution >= 4 is 23.0 Å². The lowest BCUT2D eigenvalue weighted by atomic mass is 10.2. The van der Waals surface area contributed by atoms with Crippen molar-refractivity contribution in [1.82, 2.24) is 0 Å². The first-order valence-electron chi connectivity index (χ1n) is 3.73. The van der Waals surface area contributed by atoms with Gasteiger partial charge in [-0.2, -0.15) is 0 Å². The molecule has 0 amide bonds. The van der Waals surface area contributed by atoms with Crippen LogP contribution >= 0.6 is 11.6 Å². The Bertz CT molecular complexity index is 262. The van der Waals surface area contributed by atoms with Crippen LogP contribution in [0.25, 0.3) is 0 Å². The van der Waals surface area contributed by atoms with Gasteiger partial charge in [0.15, 0.2) is 0 Å². The molecular formula is C8H12ClN3. The van der Waals surface area contributed by atoms with Crippen molar-refractivity contribution in [3.05, 3.63) is 23.2 Å². The van der Waals surface area contributed by atoms with Crippen molar-refractivity contribution in [1.29, 1.82) is 0 Å². The van der Waals surface area contributed by atoms with Gasteiger partial charge in [-0.05, 0) is 18.2 Å². The van der Waals surface area contributed by atoms with E-state index >= 15 is 0 Å². The number of benzene rings is 1. The highest BCUT2D eigenvalue weighted by atomic mass is 35.5. The maximum Gasteiger partial charge on any atom is 0.0589 e. The predicted molar refractivity (Wildman–Crippen MR) is 53.4 cm³/mol. The average Bonchev–Trinajstić information content (AvgIpc) is 2.07. The molecule has 0 saturated carbocycles. The van der Waals surface area contributed by atoms with Crippen molar-refractivity contribution in [2.24, 2.45) is 5.73 Å². The molecule has 1 aromatic carbocycles. The van der Waals surface area contributed by atoms with Crippen molar-refractivity contribution in [3.8, 4) is 0 Å². The maximum atomic E-state index is 5.77. The molecule has 0 aliphatic heterocycles. The topological polar surface area (TPSA) is 64.1 Å². The summed E-state index contributed by atoms with van der Waals surface area (Å²) in [6.07, 6.45) is 0. The van der Waals surface area contributed by atoms with Gasteiger partial charge in [-0.15, -0.1) is 0 Å². The number of anilines is 2. The summed E-state index contributed by atoms with van der Waals surface area (Å²) >= 11 is 5.77. The molecule has 1 aromatic rings. The average molecular weight is 186 g/mol. The lowest BCUT2D eigenvalue weighted by molar-refractivity contribution is 1.03. The summed E-state index contributed by atoms with van der Waals surface area (Å²) in [6.45, 7) is 1.27. The van der Waals surface area contributed by atoms with Crippen LogP contribution in [0.15, 0.2) is 18.2 Å². The van der Waals surface area contributed by atoms with Gasteiger partial charge in [0.2, 0.25) is 0 Å². The third-order valence-corrected chi connectivity index (χ3v) is 1.71. The SMILES string of the molecule is NCCNc1cc(Cl)ccc1N. The Kier molecular flexibility index (Phi) is 3.19. The van der Waals surface area contributed by atoms with Crippen LogP contribution in [-0.2, 0) is 0 Å². The van der Waals surface area contributed by atoms with Gasteiger partial charge >= 0.3 is 0 Å². The Morgan fingerprint density at radius 3 is 2.83 bits per heavy atom. The quantitative estimate of drug-likeness (QED) is 0.622. The molecule has 0 heterocycles. The molecule has 66 valence electrons. The Labute approximate surface area is 76.7 Å². The third-order valence-electron chi connectivity index (χ3n) is 1.48. The highest BCUT2D eigenvalue weighted by Crippen LogP contribution is 2.22. The second-order valence-corrected chi connectivity index (χ2v) is 2.88. The second-order valence-electron chi connectivity index (χ2n) is 2.45. The zero-order chi connectivity index (χ0) is 8.97. The fourth-order valence-corrected chi connectivity index (χ4v) is 1.06. The molecule has 0 bridgehead atoms. The van der Waals surface area contributed by atoms with Gasteiger partial charge in [0.1, 0.15) is 0 Å². The zero-order valence-electron chi connectivity index (χ0n) is 6.68. The van der Waals surface area contributed by atoms with Gasteiger partial charge in [0.05, 0.1) is 11.4 Å². The number of halogens is 1. The van der Waals surface area contributed by atoms with E-state index < -0.39 is 0 Å². The molecule has 0 fully saturated rings. The molecule has 4 heteroatoms. The maximum absolute atomic E-state index is 5.77. The normalized spacial score (nSPS) is 9.83. The first-order chi connectivity index (χ1) is 5.74. The van der Waals surface area contributed by atoms with Crippen LogP contribution in [-0.4, -0.2) is 13.1 Å². The molecule has 0 saturated heterocycles. The van der Waals surface area contributed by atoms with Crippen molar-refractivity contribution < 1.29 is 0 Å². The lowest BCUT2D eigenvalue weighted by Gasteiger charge is -2.07. The standard InChI is InChI=1S/C8H12ClN3/c9-6-1-2-7(11)8(5-6)12-4-3-10/h1-2,5,12H,3-4,10-11H2. The second kappa shape index (κ2) is 4.18. The molecule has 0 aliphatic rings. The number of nitrogens with two attached hydrogens (primary N) is 2. The van der Waals surface area contributed by atoms with E-state index in [0.717, 1.165) is 5.69 Å². The van der Waals surface area contributed by atoms with Gasteiger partial charge in [-0.25, -0.2) is 0 Å². The molecule has 0 aromatic heterocycles. The summed E-state index contributed by atoms with van der Waals surface area (Å²) in [4.78, 5) is 0. The Morgan fingerprint density at radius 1 is 1.42 bits per heavy atom. The Balaban J connectivity index is 2.75. The molecule has 1 rings (SSSR count). The van der Waals surface area contributed by atoms with Crippen LogP contribution in [0.5, 0.6) is 0 Å². The van der Waals surface area contributed by atoms with E-state index in [-0.39, 0.29) is 0 Å². The zero-order valence-corrected chi connectivity index (χ0v) is 7.43. The lowest BCUT2D eigenvalue weighted by Crippen LogP contribution is -2.13. The van der Waals surface area contributed by atoms with Gasteiger partial charge in [-0.1, -0.05) is 11.6 Å². The van der Waals surface area contributed by atoms with E-state index in [0.29, 0.717) is 23.8 Å². The molecule has 0 aliphatic carbocycles. The van der Waals surface area contributed by atoms with Gasteiger partial charge in [-0.3, -0.25) is 0 Å². The first-order valence-corrected chi connectivity index (χ1v) is 4.11. The smallest absolute Gasteiger partial charge is 0.0589 e. The van der Waals surface area contributed by atoms with E-state index in [1.807, 2.05) is 0 Å². The highest BCUT2D eigenvalue weighted by molar-refractivity contribution is 6.31. The van der Waals surface area contributed by atoms with Crippen molar-refractivity contribution in [2.45, 2.75) is 0 Å². The number of nitrogen functional groups attached to an aromatic ring is 1. The number of nitrogens with one attached hydrogen (secondary N) is 1. The van der Waals surface area contributed by atoms with Crippen LogP contribution in [0.1, 0.15) is 0 Å². The molecule has 12 heavy (non-hydrogen) atoms. The van der Waals surface area contributed by atoms with Crippen LogP contribution in [0.4, 0.5) is 11.4 Å².